The molecule has 23 heavy (non-hydrogen) atoms. The molecule has 0 aliphatic rings. The zero-order valence-electron chi connectivity index (χ0n) is 11.9. The lowest BCUT2D eigenvalue weighted by Crippen LogP contribution is -2.24. The predicted molar refractivity (Wildman–Crippen MR) is 84.4 cm³/mol. The molecule has 1 aromatic heterocycles. The van der Waals surface area contributed by atoms with Crippen molar-refractivity contribution in [2.45, 2.75) is 12.7 Å². The fraction of sp³-hybridized carbons (Fsp3) is 0.118. The van der Waals surface area contributed by atoms with Gasteiger partial charge in [0.2, 0.25) is 0 Å². The number of alkyl halides is 3. The lowest BCUT2D eigenvalue weighted by Gasteiger charge is -2.09. The molecule has 1 amide bonds. The van der Waals surface area contributed by atoms with Gasteiger partial charge in [0.1, 0.15) is 4.88 Å². The molecule has 3 rings (SSSR count). The standard InChI is InChI=1S/C17H12F3NOS/c18-17(19,20)15-14(12-8-4-5-9-13(12)23-15)16(22)21-10-11-6-2-1-3-7-11/h1-9H,10H2,(H,21,22). The van der Waals surface area contributed by atoms with Crippen molar-refractivity contribution < 1.29 is 18.0 Å². The van der Waals surface area contributed by atoms with E-state index >= 15 is 0 Å². The van der Waals surface area contributed by atoms with Crippen molar-refractivity contribution in [3.8, 4) is 0 Å². The van der Waals surface area contributed by atoms with Crippen LogP contribution in [0.25, 0.3) is 10.1 Å². The summed E-state index contributed by atoms with van der Waals surface area (Å²) >= 11 is 0.595. The van der Waals surface area contributed by atoms with Gasteiger partial charge in [0, 0.05) is 16.6 Å². The number of thiophene rings is 1. The molecule has 0 fully saturated rings. The molecule has 1 heterocycles. The number of rotatable bonds is 3. The van der Waals surface area contributed by atoms with Gasteiger partial charge in [0.05, 0.1) is 5.56 Å². The minimum atomic E-state index is -4.55. The van der Waals surface area contributed by atoms with Crippen LogP contribution < -0.4 is 5.32 Å². The Morgan fingerprint density at radius 1 is 1.00 bits per heavy atom. The van der Waals surface area contributed by atoms with E-state index in [9.17, 15) is 18.0 Å². The molecule has 3 aromatic rings. The van der Waals surface area contributed by atoms with E-state index in [4.69, 9.17) is 0 Å². The number of fused-ring (bicyclic) bond motifs is 1. The predicted octanol–water partition coefficient (Wildman–Crippen LogP) is 4.85. The molecule has 0 unspecified atom stereocenters. The Hall–Kier alpha value is -2.34. The van der Waals surface area contributed by atoms with Crippen molar-refractivity contribution >= 4 is 27.3 Å². The minimum Gasteiger partial charge on any atom is -0.348 e. The lowest BCUT2D eigenvalue weighted by molar-refractivity contribution is -0.134. The van der Waals surface area contributed by atoms with Crippen LogP contribution in [0.15, 0.2) is 54.6 Å². The second kappa shape index (κ2) is 6.04. The highest BCUT2D eigenvalue weighted by atomic mass is 32.1. The summed E-state index contributed by atoms with van der Waals surface area (Å²) in [5, 5.41) is 2.90. The normalized spacial score (nSPS) is 11.6. The number of halogens is 3. The molecule has 0 saturated carbocycles. The van der Waals surface area contributed by atoms with Crippen molar-refractivity contribution in [3.05, 3.63) is 70.6 Å². The van der Waals surface area contributed by atoms with Gasteiger partial charge in [-0.15, -0.1) is 11.3 Å². The Kier molecular flexibility index (Phi) is 4.09. The fourth-order valence-corrected chi connectivity index (χ4v) is 3.40. The average Bonchev–Trinajstić information content (AvgIpc) is 2.93. The van der Waals surface area contributed by atoms with E-state index in [-0.39, 0.29) is 12.1 Å². The van der Waals surface area contributed by atoms with Gasteiger partial charge in [0.15, 0.2) is 0 Å². The highest BCUT2D eigenvalue weighted by molar-refractivity contribution is 7.19. The molecular weight excluding hydrogens is 323 g/mol. The van der Waals surface area contributed by atoms with E-state index in [2.05, 4.69) is 5.32 Å². The summed E-state index contributed by atoms with van der Waals surface area (Å²) in [6.45, 7) is 0.182. The molecule has 2 nitrogen and oxygen atoms in total. The number of amides is 1. The van der Waals surface area contributed by atoms with E-state index in [1.165, 1.54) is 0 Å². The van der Waals surface area contributed by atoms with Gasteiger partial charge < -0.3 is 5.32 Å². The van der Waals surface area contributed by atoms with Crippen LogP contribution in [0.4, 0.5) is 13.2 Å². The van der Waals surface area contributed by atoms with Crippen LogP contribution in [0, 0.1) is 0 Å². The Balaban J connectivity index is 1.96. The van der Waals surface area contributed by atoms with Gasteiger partial charge in [-0.1, -0.05) is 48.5 Å². The number of nitrogens with one attached hydrogen (secondary N) is 1. The van der Waals surface area contributed by atoms with Crippen molar-refractivity contribution in [1.82, 2.24) is 5.32 Å². The third-order valence-corrected chi connectivity index (χ3v) is 4.59. The first-order valence-corrected chi connectivity index (χ1v) is 7.69. The van der Waals surface area contributed by atoms with E-state index < -0.39 is 17.0 Å². The van der Waals surface area contributed by atoms with E-state index in [0.717, 1.165) is 5.56 Å². The third-order valence-electron chi connectivity index (χ3n) is 3.38. The average molecular weight is 335 g/mol. The topological polar surface area (TPSA) is 29.1 Å². The van der Waals surface area contributed by atoms with Crippen molar-refractivity contribution in [3.63, 3.8) is 0 Å². The third kappa shape index (κ3) is 3.22. The molecule has 0 bridgehead atoms. The van der Waals surface area contributed by atoms with Crippen LogP contribution in [0.2, 0.25) is 0 Å². The van der Waals surface area contributed by atoms with Crippen LogP contribution in [-0.2, 0) is 12.7 Å². The summed E-state index contributed by atoms with van der Waals surface area (Å²) in [5.41, 5.74) is 0.531. The van der Waals surface area contributed by atoms with Gasteiger partial charge in [-0.2, -0.15) is 13.2 Å². The van der Waals surface area contributed by atoms with Crippen molar-refractivity contribution in [1.29, 1.82) is 0 Å². The Labute approximate surface area is 134 Å². The van der Waals surface area contributed by atoms with E-state index in [1.807, 2.05) is 18.2 Å². The SMILES string of the molecule is O=C(NCc1ccccc1)c1c(C(F)(F)F)sc2ccccc12. The van der Waals surface area contributed by atoms with Crippen LogP contribution in [0.5, 0.6) is 0 Å². The maximum Gasteiger partial charge on any atom is 0.426 e. The van der Waals surface area contributed by atoms with Crippen molar-refractivity contribution in [2.24, 2.45) is 0 Å². The minimum absolute atomic E-state index is 0.182. The molecule has 1 N–H and O–H groups in total. The summed E-state index contributed by atoms with van der Waals surface area (Å²) in [5.74, 6) is -0.710. The summed E-state index contributed by atoms with van der Waals surface area (Å²) in [7, 11) is 0. The smallest absolute Gasteiger partial charge is 0.348 e. The van der Waals surface area contributed by atoms with Crippen LogP contribution in [0.3, 0.4) is 0 Å². The summed E-state index contributed by atoms with van der Waals surface area (Å²) in [6, 6.07) is 15.5. The van der Waals surface area contributed by atoms with Gasteiger partial charge in [-0.3, -0.25) is 4.79 Å². The molecule has 0 saturated heterocycles. The summed E-state index contributed by atoms with van der Waals surface area (Å²) < 4.78 is 40.2. The molecule has 118 valence electrons. The second-order valence-electron chi connectivity index (χ2n) is 4.97. The monoisotopic (exact) mass is 335 g/mol. The van der Waals surface area contributed by atoms with Crippen LogP contribution in [-0.4, -0.2) is 5.91 Å². The summed E-state index contributed by atoms with van der Waals surface area (Å²) in [6.07, 6.45) is -4.55. The molecule has 2 aromatic carbocycles. The lowest BCUT2D eigenvalue weighted by atomic mass is 10.1. The van der Waals surface area contributed by atoms with Gasteiger partial charge >= 0.3 is 6.18 Å². The van der Waals surface area contributed by atoms with Crippen LogP contribution in [0.1, 0.15) is 20.8 Å². The number of hydrogen-bond acceptors (Lipinski definition) is 2. The molecule has 0 radical (unpaired) electrons. The molecule has 0 spiro atoms. The first-order chi connectivity index (χ1) is 11.0. The highest BCUT2D eigenvalue weighted by Crippen LogP contribution is 2.41. The Morgan fingerprint density at radius 2 is 1.65 bits per heavy atom. The number of carbonyl (C=O) groups excluding carboxylic acids is 1. The number of benzene rings is 2. The van der Waals surface area contributed by atoms with Gasteiger partial charge in [0.25, 0.3) is 5.91 Å². The maximum atomic E-state index is 13.2. The summed E-state index contributed by atoms with van der Waals surface area (Å²) in [4.78, 5) is 11.5. The van der Waals surface area contributed by atoms with Gasteiger partial charge in [-0.25, -0.2) is 0 Å². The molecule has 0 aliphatic carbocycles. The zero-order valence-corrected chi connectivity index (χ0v) is 12.7. The molecule has 0 atom stereocenters. The van der Waals surface area contributed by atoms with Crippen molar-refractivity contribution in [2.75, 3.05) is 0 Å². The molecule has 0 aliphatic heterocycles. The number of hydrogen-bond donors (Lipinski definition) is 1. The van der Waals surface area contributed by atoms with Crippen LogP contribution >= 0.6 is 11.3 Å². The maximum absolute atomic E-state index is 13.2. The molecular formula is C17H12F3NOS. The highest BCUT2D eigenvalue weighted by Gasteiger charge is 2.38. The Morgan fingerprint density at radius 3 is 2.35 bits per heavy atom. The largest absolute Gasteiger partial charge is 0.426 e. The Bertz CT molecular complexity index is 840. The quantitative estimate of drug-likeness (QED) is 0.728. The number of carbonyl (C=O) groups is 1. The van der Waals surface area contributed by atoms with E-state index in [1.54, 1.807) is 36.4 Å². The van der Waals surface area contributed by atoms with Gasteiger partial charge in [-0.05, 0) is 11.6 Å². The first kappa shape index (κ1) is 15.6. The first-order valence-electron chi connectivity index (χ1n) is 6.87. The zero-order chi connectivity index (χ0) is 16.4. The second-order valence-corrected chi connectivity index (χ2v) is 6.02. The fourth-order valence-electron chi connectivity index (χ4n) is 2.34. The van der Waals surface area contributed by atoms with E-state index in [0.29, 0.717) is 21.4 Å². The molecule has 6 heteroatoms.